The number of nitrogens with zero attached hydrogens (tertiary/aromatic N) is 2. The van der Waals surface area contributed by atoms with Crippen LogP contribution in [0.25, 0.3) is 5.69 Å². The molecule has 0 amide bonds. The van der Waals surface area contributed by atoms with E-state index in [1.807, 2.05) is 19.4 Å². The van der Waals surface area contributed by atoms with Crippen LogP contribution in [0.15, 0.2) is 36.8 Å². The van der Waals surface area contributed by atoms with Gasteiger partial charge < -0.3 is 10.3 Å². The van der Waals surface area contributed by atoms with E-state index in [2.05, 4.69) is 40.7 Å². The Balaban J connectivity index is 2.48. The van der Waals surface area contributed by atoms with Gasteiger partial charge in [-0.15, -0.1) is 0 Å². The SMILES string of the molecule is CCCc1ccccc1-n1cncc1[C@@H](C)N. The van der Waals surface area contributed by atoms with Crippen LogP contribution in [-0.2, 0) is 6.42 Å². The van der Waals surface area contributed by atoms with Crippen LogP contribution in [0.5, 0.6) is 0 Å². The second-order valence-corrected chi connectivity index (χ2v) is 4.36. The summed E-state index contributed by atoms with van der Waals surface area (Å²) in [4.78, 5) is 4.20. The Morgan fingerprint density at radius 2 is 2.12 bits per heavy atom. The lowest BCUT2D eigenvalue weighted by atomic mass is 10.1. The number of para-hydroxylation sites is 1. The second-order valence-electron chi connectivity index (χ2n) is 4.36. The molecule has 1 atom stereocenters. The van der Waals surface area contributed by atoms with Gasteiger partial charge in [0, 0.05) is 6.04 Å². The van der Waals surface area contributed by atoms with Gasteiger partial charge in [-0.1, -0.05) is 31.5 Å². The zero-order valence-corrected chi connectivity index (χ0v) is 10.4. The lowest BCUT2D eigenvalue weighted by Gasteiger charge is -2.14. The van der Waals surface area contributed by atoms with E-state index in [0.29, 0.717) is 0 Å². The third-order valence-electron chi connectivity index (χ3n) is 2.90. The summed E-state index contributed by atoms with van der Waals surface area (Å²) in [5.41, 5.74) is 9.55. The van der Waals surface area contributed by atoms with Gasteiger partial charge >= 0.3 is 0 Å². The molecule has 2 aromatic rings. The summed E-state index contributed by atoms with van der Waals surface area (Å²) < 4.78 is 2.09. The second kappa shape index (κ2) is 5.15. The predicted octanol–water partition coefficient (Wildman–Crippen LogP) is 2.84. The van der Waals surface area contributed by atoms with Crippen molar-refractivity contribution in [3.8, 4) is 5.69 Å². The zero-order chi connectivity index (χ0) is 12.3. The lowest BCUT2D eigenvalue weighted by molar-refractivity contribution is 0.747. The van der Waals surface area contributed by atoms with Crippen molar-refractivity contribution in [1.82, 2.24) is 9.55 Å². The molecule has 0 spiro atoms. The fraction of sp³-hybridized carbons (Fsp3) is 0.357. The number of imidazole rings is 1. The minimum Gasteiger partial charge on any atom is -0.323 e. The standard InChI is InChI=1S/C14H19N3/c1-3-6-12-7-4-5-8-13(12)17-10-16-9-14(17)11(2)15/h4-5,7-11H,3,6,15H2,1-2H3/t11-/m1/s1. The molecule has 17 heavy (non-hydrogen) atoms. The van der Waals surface area contributed by atoms with Gasteiger partial charge in [-0.3, -0.25) is 0 Å². The molecule has 0 saturated carbocycles. The van der Waals surface area contributed by atoms with Crippen molar-refractivity contribution in [2.75, 3.05) is 0 Å². The van der Waals surface area contributed by atoms with Crippen LogP contribution in [0.1, 0.15) is 37.6 Å². The summed E-state index contributed by atoms with van der Waals surface area (Å²) in [7, 11) is 0. The molecule has 0 bridgehead atoms. The number of hydrogen-bond acceptors (Lipinski definition) is 2. The largest absolute Gasteiger partial charge is 0.323 e. The molecule has 1 aromatic carbocycles. The maximum absolute atomic E-state index is 5.96. The molecule has 90 valence electrons. The normalized spacial score (nSPS) is 12.6. The number of rotatable bonds is 4. The molecule has 0 aliphatic rings. The summed E-state index contributed by atoms with van der Waals surface area (Å²) in [6.45, 7) is 4.17. The molecule has 2 rings (SSSR count). The van der Waals surface area contributed by atoms with Crippen molar-refractivity contribution in [2.24, 2.45) is 5.73 Å². The Morgan fingerprint density at radius 3 is 2.82 bits per heavy atom. The van der Waals surface area contributed by atoms with Crippen LogP contribution in [0.4, 0.5) is 0 Å². The van der Waals surface area contributed by atoms with E-state index in [1.54, 1.807) is 0 Å². The molecule has 2 N–H and O–H groups in total. The zero-order valence-electron chi connectivity index (χ0n) is 10.4. The van der Waals surface area contributed by atoms with Crippen molar-refractivity contribution in [2.45, 2.75) is 32.7 Å². The fourth-order valence-electron chi connectivity index (χ4n) is 2.07. The van der Waals surface area contributed by atoms with Crippen LogP contribution < -0.4 is 5.73 Å². The Morgan fingerprint density at radius 1 is 1.35 bits per heavy atom. The molecule has 0 fully saturated rings. The Labute approximate surface area is 102 Å². The molecule has 3 heteroatoms. The predicted molar refractivity (Wildman–Crippen MR) is 70.2 cm³/mol. The van der Waals surface area contributed by atoms with E-state index in [4.69, 9.17) is 5.73 Å². The van der Waals surface area contributed by atoms with Crippen molar-refractivity contribution >= 4 is 0 Å². The van der Waals surface area contributed by atoms with Crippen molar-refractivity contribution in [3.63, 3.8) is 0 Å². The van der Waals surface area contributed by atoms with Gasteiger partial charge in [0.2, 0.25) is 0 Å². The smallest absolute Gasteiger partial charge is 0.0994 e. The van der Waals surface area contributed by atoms with E-state index in [1.165, 1.54) is 11.3 Å². The van der Waals surface area contributed by atoms with Crippen LogP contribution >= 0.6 is 0 Å². The highest BCUT2D eigenvalue weighted by molar-refractivity contribution is 5.42. The van der Waals surface area contributed by atoms with Gasteiger partial charge in [0.15, 0.2) is 0 Å². The monoisotopic (exact) mass is 229 g/mol. The molecular weight excluding hydrogens is 210 g/mol. The topological polar surface area (TPSA) is 43.8 Å². The van der Waals surface area contributed by atoms with Gasteiger partial charge in [0.1, 0.15) is 0 Å². The molecule has 0 unspecified atom stereocenters. The first kappa shape index (κ1) is 11.9. The molecule has 0 aliphatic heterocycles. The minimum absolute atomic E-state index is 0.00724. The Kier molecular flexibility index (Phi) is 3.59. The van der Waals surface area contributed by atoms with Crippen molar-refractivity contribution in [1.29, 1.82) is 0 Å². The molecule has 0 radical (unpaired) electrons. The lowest BCUT2D eigenvalue weighted by Crippen LogP contribution is -2.11. The third kappa shape index (κ3) is 2.39. The average Bonchev–Trinajstić information content (AvgIpc) is 2.79. The number of hydrogen-bond donors (Lipinski definition) is 1. The Hall–Kier alpha value is -1.61. The van der Waals surface area contributed by atoms with E-state index in [0.717, 1.165) is 18.5 Å². The summed E-state index contributed by atoms with van der Waals surface area (Å²) >= 11 is 0. The number of aryl methyl sites for hydroxylation is 1. The first-order chi connectivity index (χ1) is 8.24. The van der Waals surface area contributed by atoms with E-state index in [-0.39, 0.29) is 6.04 Å². The number of aromatic nitrogens is 2. The van der Waals surface area contributed by atoms with Gasteiger partial charge in [0.05, 0.1) is 23.9 Å². The van der Waals surface area contributed by atoms with Gasteiger partial charge in [-0.25, -0.2) is 4.98 Å². The van der Waals surface area contributed by atoms with E-state index >= 15 is 0 Å². The molecule has 1 heterocycles. The highest BCUT2D eigenvalue weighted by atomic mass is 15.1. The summed E-state index contributed by atoms with van der Waals surface area (Å²) in [6, 6.07) is 8.42. The third-order valence-corrected chi connectivity index (χ3v) is 2.90. The fourth-order valence-corrected chi connectivity index (χ4v) is 2.07. The van der Waals surface area contributed by atoms with E-state index in [9.17, 15) is 0 Å². The van der Waals surface area contributed by atoms with E-state index < -0.39 is 0 Å². The quantitative estimate of drug-likeness (QED) is 0.876. The van der Waals surface area contributed by atoms with Crippen LogP contribution in [0.3, 0.4) is 0 Å². The van der Waals surface area contributed by atoms with Crippen molar-refractivity contribution in [3.05, 3.63) is 48.0 Å². The average molecular weight is 229 g/mol. The number of benzene rings is 1. The van der Waals surface area contributed by atoms with Gasteiger partial charge in [-0.05, 0) is 25.0 Å². The molecule has 0 aliphatic carbocycles. The molecular formula is C14H19N3. The summed E-state index contributed by atoms with van der Waals surface area (Å²) in [6.07, 6.45) is 5.90. The highest BCUT2D eigenvalue weighted by Gasteiger charge is 2.10. The van der Waals surface area contributed by atoms with Gasteiger partial charge in [-0.2, -0.15) is 0 Å². The molecule has 1 aromatic heterocycles. The van der Waals surface area contributed by atoms with Crippen molar-refractivity contribution < 1.29 is 0 Å². The maximum Gasteiger partial charge on any atom is 0.0994 e. The summed E-state index contributed by atoms with van der Waals surface area (Å²) in [5.74, 6) is 0. The molecule has 3 nitrogen and oxygen atoms in total. The van der Waals surface area contributed by atoms with Crippen LogP contribution in [-0.4, -0.2) is 9.55 Å². The first-order valence-electron chi connectivity index (χ1n) is 6.10. The first-order valence-corrected chi connectivity index (χ1v) is 6.10. The minimum atomic E-state index is -0.00724. The van der Waals surface area contributed by atoms with Gasteiger partial charge in [0.25, 0.3) is 0 Å². The summed E-state index contributed by atoms with van der Waals surface area (Å²) in [5, 5.41) is 0. The molecule has 0 saturated heterocycles. The highest BCUT2D eigenvalue weighted by Crippen LogP contribution is 2.20. The Bertz CT molecular complexity index is 486. The maximum atomic E-state index is 5.96. The number of nitrogens with two attached hydrogens (primary N) is 1. The van der Waals surface area contributed by atoms with Crippen LogP contribution in [0.2, 0.25) is 0 Å². The van der Waals surface area contributed by atoms with Crippen LogP contribution in [0, 0.1) is 0 Å².